The number of rotatable bonds is 6. The Kier molecular flexibility index (Phi) is 9.19. The second-order valence-electron chi connectivity index (χ2n) is 8.35. The average Bonchev–Trinajstić information content (AvgIpc) is 2.64. The van der Waals surface area contributed by atoms with E-state index in [9.17, 15) is 10.1 Å². The van der Waals surface area contributed by atoms with Crippen LogP contribution in [0.3, 0.4) is 0 Å². The quantitative estimate of drug-likeness (QED) is 0.269. The molecule has 0 saturated carbocycles. The number of esters is 1. The number of carbonyl (C=O) groups is 1. The highest BCUT2D eigenvalue weighted by atomic mass is 32.2. The Hall–Kier alpha value is -1.36. The predicted octanol–water partition coefficient (Wildman–Crippen LogP) is 4.04. The van der Waals surface area contributed by atoms with Crippen LogP contribution in [0.25, 0.3) is 0 Å². The number of nitriles is 1. The first kappa shape index (κ1) is 23.9. The third-order valence-corrected chi connectivity index (χ3v) is 7.42. The lowest BCUT2D eigenvalue weighted by molar-refractivity contribution is -0.135. The van der Waals surface area contributed by atoms with Gasteiger partial charge in [0.25, 0.3) is 0 Å². The lowest BCUT2D eigenvalue weighted by atomic mass is 9.75. The smallest absolute Gasteiger partial charge is 0.348 e. The maximum atomic E-state index is 12.0. The van der Waals surface area contributed by atoms with Gasteiger partial charge in [0.1, 0.15) is 11.6 Å². The van der Waals surface area contributed by atoms with Crippen LogP contribution in [0.5, 0.6) is 0 Å². The van der Waals surface area contributed by atoms with Crippen LogP contribution >= 0.6 is 23.5 Å². The monoisotopic (exact) mass is 436 g/mol. The fourth-order valence-corrected chi connectivity index (χ4v) is 5.73. The van der Waals surface area contributed by atoms with Crippen LogP contribution in [0.2, 0.25) is 0 Å². The molecule has 1 fully saturated rings. The largest absolute Gasteiger partial charge is 0.465 e. The lowest BCUT2D eigenvalue weighted by Crippen LogP contribution is -2.31. The summed E-state index contributed by atoms with van der Waals surface area (Å²) in [7, 11) is 3.36. The van der Waals surface area contributed by atoms with Crippen molar-refractivity contribution in [1.29, 1.82) is 5.26 Å². The molecule has 0 radical (unpaired) electrons. The minimum absolute atomic E-state index is 0.0279. The highest BCUT2D eigenvalue weighted by Gasteiger charge is 2.30. The van der Waals surface area contributed by atoms with Crippen molar-refractivity contribution in [1.82, 2.24) is 4.90 Å². The maximum Gasteiger partial charge on any atom is 0.348 e. The van der Waals surface area contributed by atoms with Gasteiger partial charge in [-0.25, -0.2) is 4.79 Å². The first-order valence-electron chi connectivity index (χ1n) is 9.82. The summed E-state index contributed by atoms with van der Waals surface area (Å²) in [4.78, 5) is 14.2. The van der Waals surface area contributed by atoms with Gasteiger partial charge in [0.15, 0.2) is 0 Å². The maximum absolute atomic E-state index is 12.0. The van der Waals surface area contributed by atoms with Gasteiger partial charge < -0.3 is 14.4 Å². The van der Waals surface area contributed by atoms with Crippen LogP contribution in [0.15, 0.2) is 35.1 Å². The van der Waals surface area contributed by atoms with Gasteiger partial charge in [0.2, 0.25) is 0 Å². The van der Waals surface area contributed by atoms with Crippen molar-refractivity contribution in [2.45, 2.75) is 32.8 Å². The van der Waals surface area contributed by atoms with Crippen molar-refractivity contribution in [2.24, 2.45) is 5.41 Å². The van der Waals surface area contributed by atoms with Gasteiger partial charge >= 0.3 is 5.97 Å². The second-order valence-corrected chi connectivity index (χ2v) is 10.4. The van der Waals surface area contributed by atoms with Gasteiger partial charge in [-0.15, -0.1) is 0 Å². The van der Waals surface area contributed by atoms with Crippen LogP contribution in [-0.2, 0) is 14.3 Å². The van der Waals surface area contributed by atoms with E-state index in [1.165, 1.54) is 12.7 Å². The Morgan fingerprint density at radius 2 is 2.00 bits per heavy atom. The van der Waals surface area contributed by atoms with Crippen molar-refractivity contribution < 1.29 is 14.3 Å². The Morgan fingerprint density at radius 3 is 2.59 bits per heavy atom. The van der Waals surface area contributed by atoms with Gasteiger partial charge in [0.05, 0.1) is 19.8 Å². The summed E-state index contributed by atoms with van der Waals surface area (Å²) in [5, 5.41) is 9.44. The van der Waals surface area contributed by atoms with E-state index in [-0.39, 0.29) is 17.1 Å². The van der Waals surface area contributed by atoms with Crippen LogP contribution in [-0.4, -0.2) is 67.3 Å². The number of nitrogens with zero attached hydrogens (tertiary/aromatic N) is 2. The number of methoxy groups -OCH3 is 1. The fraction of sp³-hybridized carbons (Fsp3) is 0.636. The zero-order chi connectivity index (χ0) is 21.4. The molecule has 1 aliphatic heterocycles. The number of likely N-dealkylation sites (N-methyl/N-ethyl adjacent to an activating group) is 1. The van der Waals surface area contributed by atoms with Crippen LogP contribution in [0.4, 0.5) is 0 Å². The molecule has 5 nitrogen and oxygen atoms in total. The normalized spacial score (nSPS) is 22.0. The number of hydrogen-bond donors (Lipinski definition) is 0. The van der Waals surface area contributed by atoms with E-state index in [1.54, 1.807) is 0 Å². The van der Waals surface area contributed by atoms with Crippen LogP contribution in [0.1, 0.15) is 26.7 Å². The summed E-state index contributed by atoms with van der Waals surface area (Å²) in [5.41, 5.74) is 3.26. The molecule has 0 N–H and O–H groups in total. The van der Waals surface area contributed by atoms with E-state index in [1.807, 2.05) is 42.7 Å². The molecule has 0 unspecified atom stereocenters. The molecule has 0 aromatic carbocycles. The van der Waals surface area contributed by atoms with Crippen molar-refractivity contribution in [2.75, 3.05) is 50.3 Å². The van der Waals surface area contributed by atoms with Gasteiger partial charge in [-0.05, 0) is 29.9 Å². The van der Waals surface area contributed by atoms with Crippen molar-refractivity contribution >= 4 is 29.5 Å². The lowest BCUT2D eigenvalue weighted by Gasteiger charge is -2.36. The standard InChI is InChI=1S/C22H32N2O3S2/c1-16-12-28-14-19(15-29-13-16)27-7-6-24(4)18-8-17(9-22(2,3)10-18)20(11-23)21(25)26-5/h8,19H,1,6-7,9-10,12-15H2,2-5H3/b20-17-. The molecule has 0 aromatic rings. The summed E-state index contributed by atoms with van der Waals surface area (Å²) >= 11 is 3.80. The number of carbonyl (C=O) groups excluding carboxylic acids is 1. The minimum Gasteiger partial charge on any atom is -0.465 e. The summed E-state index contributed by atoms with van der Waals surface area (Å²) in [6.45, 7) is 9.83. The first-order chi connectivity index (χ1) is 13.8. The van der Waals surface area contributed by atoms with Crippen molar-refractivity contribution in [3.8, 4) is 6.07 Å². The molecule has 1 aliphatic carbocycles. The molecule has 0 atom stereocenters. The molecule has 1 heterocycles. The van der Waals surface area contributed by atoms with E-state index >= 15 is 0 Å². The van der Waals surface area contributed by atoms with E-state index in [0.29, 0.717) is 13.0 Å². The molecule has 2 rings (SSSR count). The Bertz CT molecular complexity index is 710. The SMILES string of the molecule is C=C1CSCC(OCCN(C)C2=C/C(=C(\C#N)C(=O)OC)CC(C)(C)C2)CSC1. The molecule has 0 aromatic heterocycles. The van der Waals surface area contributed by atoms with Gasteiger partial charge in [0, 0.05) is 42.3 Å². The minimum atomic E-state index is -0.566. The molecular weight excluding hydrogens is 404 g/mol. The number of ether oxygens (including phenoxy) is 2. The average molecular weight is 437 g/mol. The molecule has 0 bridgehead atoms. The van der Waals surface area contributed by atoms with Crippen molar-refractivity contribution in [3.63, 3.8) is 0 Å². The highest BCUT2D eigenvalue weighted by Crippen LogP contribution is 2.40. The molecule has 7 heteroatoms. The van der Waals surface area contributed by atoms with Gasteiger partial charge in [-0.3, -0.25) is 0 Å². The summed E-state index contributed by atoms with van der Waals surface area (Å²) in [5.74, 6) is 3.48. The molecular formula is C22H32N2O3S2. The highest BCUT2D eigenvalue weighted by molar-refractivity contribution is 8.01. The van der Waals surface area contributed by atoms with E-state index in [0.717, 1.165) is 47.2 Å². The predicted molar refractivity (Wildman–Crippen MR) is 122 cm³/mol. The molecule has 0 amide bonds. The van der Waals surface area contributed by atoms with Crippen LogP contribution < -0.4 is 0 Å². The third kappa shape index (κ3) is 7.44. The first-order valence-corrected chi connectivity index (χ1v) is 12.1. The molecule has 0 spiro atoms. The van der Waals surface area contributed by atoms with Gasteiger partial charge in [-0.1, -0.05) is 26.0 Å². The van der Waals surface area contributed by atoms with E-state index in [4.69, 9.17) is 9.47 Å². The molecule has 1 saturated heterocycles. The van der Waals surface area contributed by atoms with Gasteiger partial charge in [-0.2, -0.15) is 28.8 Å². The van der Waals surface area contributed by atoms with Crippen molar-refractivity contribution in [3.05, 3.63) is 35.1 Å². The van der Waals surface area contributed by atoms with E-state index < -0.39 is 5.97 Å². The fourth-order valence-electron chi connectivity index (χ4n) is 3.48. The number of hydrogen-bond acceptors (Lipinski definition) is 7. The summed E-state index contributed by atoms with van der Waals surface area (Å²) in [6, 6.07) is 2.03. The zero-order valence-corrected chi connectivity index (χ0v) is 19.6. The summed E-state index contributed by atoms with van der Waals surface area (Å²) < 4.78 is 10.9. The van der Waals surface area contributed by atoms with Crippen LogP contribution in [0, 0.1) is 16.7 Å². The third-order valence-electron chi connectivity index (χ3n) is 4.98. The Morgan fingerprint density at radius 1 is 1.34 bits per heavy atom. The topological polar surface area (TPSA) is 62.6 Å². The summed E-state index contributed by atoms with van der Waals surface area (Å²) in [6.07, 6.45) is 3.82. The molecule has 29 heavy (non-hydrogen) atoms. The Labute approximate surface area is 183 Å². The number of allylic oxidation sites excluding steroid dienone is 3. The molecule has 160 valence electrons. The second kappa shape index (κ2) is 11.1. The number of thioether (sulfide) groups is 2. The Balaban J connectivity index is 2.00. The zero-order valence-electron chi connectivity index (χ0n) is 18.0. The molecule has 2 aliphatic rings. The van der Waals surface area contributed by atoms with E-state index in [2.05, 4.69) is 25.3 Å².